The maximum atomic E-state index is 11.1. The molecule has 8 nitrogen and oxygen atoms in total. The molecule has 2 aliphatic rings. The maximum absolute atomic E-state index is 11.1. The van der Waals surface area contributed by atoms with Crippen LogP contribution in [0.3, 0.4) is 0 Å². The highest BCUT2D eigenvalue weighted by molar-refractivity contribution is 5.78. The SMILES string of the molecule is Cc1ncnc2c1ccn2C1CC2(COC(c3ccc4c(c3)ncn4C)C2)C(O)C1O. The number of aromatic nitrogens is 5. The van der Waals surface area contributed by atoms with Crippen LogP contribution in [-0.4, -0.2) is 53.1 Å². The van der Waals surface area contributed by atoms with Gasteiger partial charge in [-0.15, -0.1) is 0 Å². The van der Waals surface area contributed by atoms with Gasteiger partial charge in [-0.1, -0.05) is 6.07 Å². The lowest BCUT2D eigenvalue weighted by Gasteiger charge is -2.26. The van der Waals surface area contributed by atoms with E-state index in [1.54, 1.807) is 12.7 Å². The number of hydrogen-bond donors (Lipinski definition) is 2. The summed E-state index contributed by atoms with van der Waals surface area (Å²) >= 11 is 0. The first-order chi connectivity index (χ1) is 15.0. The van der Waals surface area contributed by atoms with Crippen molar-refractivity contribution in [2.24, 2.45) is 12.5 Å². The third-order valence-corrected chi connectivity index (χ3v) is 7.31. The number of benzene rings is 1. The summed E-state index contributed by atoms with van der Waals surface area (Å²) in [6.07, 6.45) is 4.71. The number of imidazole rings is 1. The normalized spacial score (nSPS) is 30.8. The smallest absolute Gasteiger partial charge is 0.143 e. The molecule has 0 bridgehead atoms. The lowest BCUT2D eigenvalue weighted by atomic mass is 9.80. The maximum Gasteiger partial charge on any atom is 0.143 e. The summed E-state index contributed by atoms with van der Waals surface area (Å²) in [5.41, 5.74) is 4.26. The summed E-state index contributed by atoms with van der Waals surface area (Å²) in [6.45, 7) is 2.36. The highest BCUT2D eigenvalue weighted by Gasteiger charge is 2.57. The molecule has 8 heteroatoms. The molecule has 1 spiro atoms. The van der Waals surface area contributed by atoms with Crippen LogP contribution in [0, 0.1) is 12.3 Å². The van der Waals surface area contributed by atoms with Crippen LogP contribution in [0.1, 0.15) is 36.2 Å². The molecule has 1 aromatic carbocycles. The first-order valence-electron chi connectivity index (χ1n) is 10.6. The zero-order valence-electron chi connectivity index (χ0n) is 17.5. The Labute approximate surface area is 179 Å². The fourth-order valence-corrected chi connectivity index (χ4v) is 5.53. The number of ether oxygens (including phenoxy) is 1. The van der Waals surface area contributed by atoms with Gasteiger partial charge in [0, 0.05) is 24.0 Å². The molecule has 31 heavy (non-hydrogen) atoms. The van der Waals surface area contributed by atoms with Crippen LogP contribution >= 0.6 is 0 Å². The predicted octanol–water partition coefficient (Wildman–Crippen LogP) is 2.44. The van der Waals surface area contributed by atoms with Crippen LogP contribution in [0.2, 0.25) is 0 Å². The number of aryl methyl sites for hydroxylation is 2. The van der Waals surface area contributed by atoms with Gasteiger partial charge in [-0.3, -0.25) is 0 Å². The predicted molar refractivity (Wildman–Crippen MR) is 114 cm³/mol. The molecule has 0 radical (unpaired) electrons. The highest BCUT2D eigenvalue weighted by Crippen LogP contribution is 2.54. The summed E-state index contributed by atoms with van der Waals surface area (Å²) in [7, 11) is 1.98. The van der Waals surface area contributed by atoms with Gasteiger partial charge in [0.15, 0.2) is 0 Å². The molecule has 2 N–H and O–H groups in total. The molecule has 4 aromatic rings. The average Bonchev–Trinajstić information content (AvgIpc) is 3.53. The third-order valence-electron chi connectivity index (χ3n) is 7.31. The Morgan fingerprint density at radius 2 is 2.00 bits per heavy atom. The van der Waals surface area contributed by atoms with Gasteiger partial charge in [0.1, 0.15) is 18.1 Å². The lowest BCUT2D eigenvalue weighted by molar-refractivity contribution is -0.0309. The third kappa shape index (κ3) is 2.68. The second-order valence-corrected chi connectivity index (χ2v) is 9.10. The number of nitrogens with zero attached hydrogens (tertiary/aromatic N) is 5. The summed E-state index contributed by atoms with van der Waals surface area (Å²) in [6, 6.07) is 7.91. The Morgan fingerprint density at radius 3 is 2.87 bits per heavy atom. The summed E-state index contributed by atoms with van der Waals surface area (Å²) in [4.78, 5) is 13.1. The van der Waals surface area contributed by atoms with Gasteiger partial charge in [-0.25, -0.2) is 15.0 Å². The van der Waals surface area contributed by atoms with Crippen molar-refractivity contribution in [3.8, 4) is 0 Å². The van der Waals surface area contributed by atoms with Gasteiger partial charge in [0.05, 0.1) is 47.9 Å². The molecule has 1 saturated heterocycles. The van der Waals surface area contributed by atoms with E-state index >= 15 is 0 Å². The van der Waals surface area contributed by atoms with E-state index in [0.717, 1.165) is 33.3 Å². The molecular formula is C23H25N5O3. The second-order valence-electron chi connectivity index (χ2n) is 9.10. The molecule has 4 heterocycles. The van der Waals surface area contributed by atoms with Crippen molar-refractivity contribution in [2.45, 2.75) is 44.1 Å². The van der Waals surface area contributed by atoms with E-state index in [4.69, 9.17) is 4.74 Å². The van der Waals surface area contributed by atoms with Gasteiger partial charge in [-0.2, -0.15) is 0 Å². The van der Waals surface area contributed by atoms with Gasteiger partial charge < -0.3 is 24.1 Å². The summed E-state index contributed by atoms with van der Waals surface area (Å²) in [5, 5.41) is 23.1. The van der Waals surface area contributed by atoms with Crippen LogP contribution in [0.5, 0.6) is 0 Å². The first-order valence-corrected chi connectivity index (χ1v) is 10.6. The molecule has 5 atom stereocenters. The van der Waals surface area contributed by atoms with Crippen molar-refractivity contribution < 1.29 is 14.9 Å². The summed E-state index contributed by atoms with van der Waals surface area (Å²) < 4.78 is 10.2. The van der Waals surface area contributed by atoms with E-state index in [9.17, 15) is 10.2 Å². The second kappa shape index (κ2) is 6.59. The zero-order chi connectivity index (χ0) is 21.3. The molecule has 2 fully saturated rings. The van der Waals surface area contributed by atoms with Crippen LogP contribution in [0.15, 0.2) is 43.1 Å². The fraction of sp³-hybridized carbons (Fsp3) is 0.435. The van der Waals surface area contributed by atoms with Crippen molar-refractivity contribution in [1.29, 1.82) is 0 Å². The zero-order valence-corrected chi connectivity index (χ0v) is 17.5. The van der Waals surface area contributed by atoms with Crippen LogP contribution in [0.25, 0.3) is 22.1 Å². The topological polar surface area (TPSA) is 98.2 Å². The Bertz CT molecular complexity index is 1300. The first kappa shape index (κ1) is 18.9. The molecule has 1 aliphatic carbocycles. The Hall–Kier alpha value is -2.81. The molecule has 6 rings (SSSR count). The van der Waals surface area contributed by atoms with Gasteiger partial charge in [0.2, 0.25) is 0 Å². The van der Waals surface area contributed by atoms with E-state index in [-0.39, 0.29) is 12.1 Å². The van der Waals surface area contributed by atoms with Crippen molar-refractivity contribution in [3.05, 3.63) is 54.4 Å². The number of aliphatic hydroxyl groups excluding tert-OH is 2. The largest absolute Gasteiger partial charge is 0.390 e. The molecule has 160 valence electrons. The van der Waals surface area contributed by atoms with Crippen LogP contribution < -0.4 is 0 Å². The van der Waals surface area contributed by atoms with Crippen LogP contribution in [0.4, 0.5) is 0 Å². The number of hydrogen-bond acceptors (Lipinski definition) is 6. The molecule has 3 aromatic heterocycles. The van der Waals surface area contributed by atoms with Crippen molar-refractivity contribution >= 4 is 22.1 Å². The van der Waals surface area contributed by atoms with Gasteiger partial charge in [0.25, 0.3) is 0 Å². The summed E-state index contributed by atoms with van der Waals surface area (Å²) in [5.74, 6) is 0. The average molecular weight is 419 g/mol. The lowest BCUT2D eigenvalue weighted by Crippen LogP contribution is -2.37. The monoisotopic (exact) mass is 419 g/mol. The molecule has 0 amide bonds. The van der Waals surface area contributed by atoms with Gasteiger partial charge >= 0.3 is 0 Å². The van der Waals surface area contributed by atoms with E-state index in [1.807, 2.05) is 35.4 Å². The minimum Gasteiger partial charge on any atom is -0.390 e. The van der Waals surface area contributed by atoms with Crippen LogP contribution in [-0.2, 0) is 11.8 Å². The minimum atomic E-state index is -0.883. The Kier molecular flexibility index (Phi) is 4.02. The number of rotatable bonds is 2. The molecule has 1 aliphatic heterocycles. The number of fused-ring (bicyclic) bond motifs is 2. The molecule has 1 saturated carbocycles. The Morgan fingerprint density at radius 1 is 1.13 bits per heavy atom. The van der Waals surface area contributed by atoms with Crippen molar-refractivity contribution in [1.82, 2.24) is 24.1 Å². The standard InChI is InChI=1S/C23H25N5O3/c1-13-15-5-6-28(22(15)25-11-24-13)18-8-23(21(30)20(18)29)9-19(31-10-23)14-3-4-17-16(7-14)26-12-27(17)2/h3-7,11-12,18-21,29-30H,8-10H2,1-2H3. The van der Waals surface area contributed by atoms with E-state index < -0.39 is 17.6 Å². The minimum absolute atomic E-state index is 0.127. The van der Waals surface area contributed by atoms with Crippen molar-refractivity contribution in [3.63, 3.8) is 0 Å². The quantitative estimate of drug-likeness (QED) is 0.518. The van der Waals surface area contributed by atoms with E-state index in [2.05, 4.69) is 33.2 Å². The van der Waals surface area contributed by atoms with E-state index in [0.29, 0.717) is 19.4 Å². The number of aliphatic hydroxyl groups is 2. The van der Waals surface area contributed by atoms with E-state index in [1.165, 1.54) is 0 Å². The van der Waals surface area contributed by atoms with Crippen molar-refractivity contribution in [2.75, 3.05) is 6.61 Å². The fourth-order valence-electron chi connectivity index (χ4n) is 5.53. The molecular weight excluding hydrogens is 394 g/mol. The molecule has 5 unspecified atom stereocenters. The Balaban J connectivity index is 1.31. The van der Waals surface area contributed by atoms with Gasteiger partial charge in [-0.05, 0) is 43.5 Å². The highest BCUT2D eigenvalue weighted by atomic mass is 16.5.